The van der Waals surface area contributed by atoms with E-state index in [0.29, 0.717) is 22.5 Å². The van der Waals surface area contributed by atoms with Crippen LogP contribution in [0.15, 0.2) is 76.2 Å². The zero-order valence-corrected chi connectivity index (χ0v) is 16.0. The van der Waals surface area contributed by atoms with Crippen molar-refractivity contribution in [1.82, 2.24) is 14.9 Å². The third kappa shape index (κ3) is 3.62. The zero-order chi connectivity index (χ0) is 20.4. The quantitative estimate of drug-likeness (QED) is 0.567. The van der Waals surface area contributed by atoms with Crippen molar-refractivity contribution in [1.29, 1.82) is 0 Å². The molecule has 0 aliphatic carbocycles. The molecule has 0 aliphatic heterocycles. The molecule has 0 saturated carbocycles. The monoisotopic (exact) mass is 389 g/mol. The molecule has 2 heterocycles. The molecule has 29 heavy (non-hydrogen) atoms. The van der Waals surface area contributed by atoms with E-state index in [-0.39, 0.29) is 11.2 Å². The summed E-state index contributed by atoms with van der Waals surface area (Å²) in [4.78, 5) is 29.7. The van der Waals surface area contributed by atoms with Gasteiger partial charge in [0.25, 0.3) is 5.91 Å². The minimum Gasteiger partial charge on any atom is -0.497 e. The van der Waals surface area contributed by atoms with E-state index in [1.807, 2.05) is 35.9 Å². The van der Waals surface area contributed by atoms with Crippen molar-refractivity contribution in [3.8, 4) is 5.75 Å². The first-order chi connectivity index (χ1) is 14.1. The molecule has 0 radical (unpaired) electrons. The molecular weight excluding hydrogens is 370 g/mol. The maximum absolute atomic E-state index is 12.9. The maximum atomic E-state index is 12.9. The Morgan fingerprint density at radius 3 is 2.62 bits per heavy atom. The molecule has 1 atom stereocenters. The van der Waals surface area contributed by atoms with Crippen LogP contribution in [0.2, 0.25) is 0 Å². The Hall–Kier alpha value is -3.87. The average molecular weight is 389 g/mol. The highest BCUT2D eigenvalue weighted by Crippen LogP contribution is 2.23. The van der Waals surface area contributed by atoms with Gasteiger partial charge in [0.15, 0.2) is 11.2 Å². The summed E-state index contributed by atoms with van der Waals surface area (Å²) in [7, 11) is 3.44. The van der Waals surface area contributed by atoms with Crippen LogP contribution in [0.4, 0.5) is 0 Å². The number of ether oxygens (including phenoxy) is 1. The van der Waals surface area contributed by atoms with Crippen LogP contribution in [0, 0.1) is 0 Å². The smallest absolute Gasteiger partial charge is 0.288 e. The number of benzene rings is 2. The van der Waals surface area contributed by atoms with Crippen LogP contribution in [-0.2, 0) is 7.05 Å². The molecule has 1 N–H and O–H groups in total. The third-order valence-electron chi connectivity index (χ3n) is 4.70. The van der Waals surface area contributed by atoms with Crippen molar-refractivity contribution in [2.24, 2.45) is 7.05 Å². The fraction of sp³-hybridized carbons (Fsp3) is 0.136. The first-order valence-corrected chi connectivity index (χ1v) is 9.02. The van der Waals surface area contributed by atoms with Gasteiger partial charge in [-0.05, 0) is 29.8 Å². The van der Waals surface area contributed by atoms with Crippen molar-refractivity contribution < 1.29 is 13.9 Å². The number of carbonyl (C=O) groups excluding carboxylic acids is 1. The summed E-state index contributed by atoms with van der Waals surface area (Å²) in [5.41, 5.74) is 0.912. The van der Waals surface area contributed by atoms with Gasteiger partial charge in [0.1, 0.15) is 23.2 Å². The fourth-order valence-corrected chi connectivity index (χ4v) is 3.17. The maximum Gasteiger partial charge on any atom is 0.288 e. The summed E-state index contributed by atoms with van der Waals surface area (Å²) >= 11 is 0. The highest BCUT2D eigenvalue weighted by atomic mass is 16.5. The van der Waals surface area contributed by atoms with E-state index < -0.39 is 11.9 Å². The fourth-order valence-electron chi connectivity index (χ4n) is 3.17. The molecule has 0 fully saturated rings. The molecule has 4 rings (SSSR count). The molecule has 0 spiro atoms. The van der Waals surface area contributed by atoms with Crippen LogP contribution in [-0.4, -0.2) is 22.6 Å². The first kappa shape index (κ1) is 18.5. The number of hydrogen-bond donors (Lipinski definition) is 1. The number of amides is 1. The molecule has 0 saturated heterocycles. The Balaban J connectivity index is 1.71. The zero-order valence-electron chi connectivity index (χ0n) is 16.0. The van der Waals surface area contributed by atoms with E-state index in [1.165, 1.54) is 6.07 Å². The number of para-hydroxylation sites is 1. The second-order valence-corrected chi connectivity index (χ2v) is 6.55. The predicted octanol–water partition coefficient (Wildman–Crippen LogP) is 3.05. The summed E-state index contributed by atoms with van der Waals surface area (Å²) in [5.74, 6) is 0.795. The normalized spacial score (nSPS) is 11.9. The second kappa shape index (κ2) is 7.63. The van der Waals surface area contributed by atoms with Gasteiger partial charge >= 0.3 is 0 Å². The summed E-state index contributed by atoms with van der Waals surface area (Å²) in [6, 6.07) is 14.8. The number of nitrogens with zero attached hydrogens (tertiary/aromatic N) is 2. The van der Waals surface area contributed by atoms with E-state index in [2.05, 4.69) is 10.3 Å². The third-order valence-corrected chi connectivity index (χ3v) is 4.70. The lowest BCUT2D eigenvalue weighted by Crippen LogP contribution is -2.31. The van der Waals surface area contributed by atoms with Crippen LogP contribution in [0.3, 0.4) is 0 Å². The number of rotatable bonds is 5. The standard InChI is InChI=1S/C22H19N3O4/c1-25-12-11-23-21(25)20(14-7-9-15(28-2)10-8-14)24-22(27)19-13-17(26)16-5-3-4-6-18(16)29-19/h3-13,20H,1-2H3,(H,24,27)/t20-/m0/s1. The van der Waals surface area contributed by atoms with Crippen LogP contribution in [0.5, 0.6) is 5.75 Å². The van der Waals surface area contributed by atoms with Gasteiger partial charge in [-0.25, -0.2) is 4.98 Å². The number of hydrogen-bond acceptors (Lipinski definition) is 5. The predicted molar refractivity (Wildman–Crippen MR) is 108 cm³/mol. The lowest BCUT2D eigenvalue weighted by molar-refractivity contribution is 0.0913. The van der Waals surface area contributed by atoms with Gasteiger partial charge < -0.3 is 19.0 Å². The first-order valence-electron chi connectivity index (χ1n) is 9.02. The number of aryl methyl sites for hydroxylation is 1. The number of carbonyl (C=O) groups is 1. The largest absolute Gasteiger partial charge is 0.497 e. The van der Waals surface area contributed by atoms with E-state index >= 15 is 0 Å². The van der Waals surface area contributed by atoms with Crippen LogP contribution in [0.25, 0.3) is 11.0 Å². The van der Waals surface area contributed by atoms with Crippen molar-refractivity contribution in [3.05, 3.63) is 94.4 Å². The Morgan fingerprint density at radius 1 is 1.17 bits per heavy atom. The van der Waals surface area contributed by atoms with Crippen molar-refractivity contribution in [2.45, 2.75) is 6.04 Å². The summed E-state index contributed by atoms with van der Waals surface area (Å²) in [6.07, 6.45) is 3.46. The summed E-state index contributed by atoms with van der Waals surface area (Å²) in [5, 5.41) is 3.36. The average Bonchev–Trinajstić information content (AvgIpc) is 3.17. The highest BCUT2D eigenvalue weighted by molar-refractivity contribution is 5.93. The molecule has 1 amide bonds. The minimum atomic E-state index is -0.537. The Morgan fingerprint density at radius 2 is 1.93 bits per heavy atom. The van der Waals surface area contributed by atoms with Crippen molar-refractivity contribution in [2.75, 3.05) is 7.11 Å². The Labute approximate surface area is 166 Å². The van der Waals surface area contributed by atoms with Crippen LogP contribution < -0.4 is 15.5 Å². The van der Waals surface area contributed by atoms with Gasteiger partial charge in [0.2, 0.25) is 0 Å². The van der Waals surface area contributed by atoms with Gasteiger partial charge in [-0.2, -0.15) is 0 Å². The molecule has 4 aromatic rings. The number of methoxy groups -OCH3 is 1. The van der Waals surface area contributed by atoms with Gasteiger partial charge in [-0.15, -0.1) is 0 Å². The topological polar surface area (TPSA) is 86.4 Å². The lowest BCUT2D eigenvalue weighted by atomic mass is 10.1. The SMILES string of the molecule is COc1ccc([C@H](NC(=O)c2cc(=O)c3ccccc3o2)c2nccn2C)cc1. The van der Waals surface area contributed by atoms with Crippen molar-refractivity contribution >= 4 is 16.9 Å². The highest BCUT2D eigenvalue weighted by Gasteiger charge is 2.23. The number of nitrogens with one attached hydrogen (secondary N) is 1. The second-order valence-electron chi connectivity index (χ2n) is 6.55. The molecule has 0 aliphatic rings. The minimum absolute atomic E-state index is 0.0542. The lowest BCUT2D eigenvalue weighted by Gasteiger charge is -2.19. The molecule has 7 heteroatoms. The summed E-state index contributed by atoms with van der Waals surface area (Å²) in [6.45, 7) is 0. The Bertz CT molecular complexity index is 1220. The van der Waals surface area contributed by atoms with Crippen molar-refractivity contribution in [3.63, 3.8) is 0 Å². The van der Waals surface area contributed by atoms with E-state index in [4.69, 9.17) is 9.15 Å². The van der Waals surface area contributed by atoms with Crippen LogP contribution >= 0.6 is 0 Å². The molecule has 0 bridgehead atoms. The molecule has 2 aromatic carbocycles. The molecule has 2 aromatic heterocycles. The van der Waals surface area contributed by atoms with Crippen LogP contribution in [0.1, 0.15) is 28.0 Å². The van der Waals surface area contributed by atoms with Gasteiger partial charge in [0, 0.05) is 25.5 Å². The Kier molecular flexibility index (Phi) is 4.87. The van der Waals surface area contributed by atoms with Gasteiger partial charge in [0.05, 0.1) is 12.5 Å². The molecular formula is C22H19N3O4. The summed E-state index contributed by atoms with van der Waals surface area (Å²) < 4.78 is 12.7. The number of imidazole rings is 1. The number of fused-ring (bicyclic) bond motifs is 1. The van der Waals surface area contributed by atoms with E-state index in [0.717, 1.165) is 5.56 Å². The number of aromatic nitrogens is 2. The van der Waals surface area contributed by atoms with Gasteiger partial charge in [-0.1, -0.05) is 24.3 Å². The van der Waals surface area contributed by atoms with E-state index in [1.54, 1.807) is 43.8 Å². The molecule has 0 unspecified atom stereocenters. The molecule has 146 valence electrons. The van der Waals surface area contributed by atoms with Gasteiger partial charge in [-0.3, -0.25) is 9.59 Å². The molecule has 7 nitrogen and oxygen atoms in total. The van der Waals surface area contributed by atoms with E-state index in [9.17, 15) is 9.59 Å².